The molecular weight excluding hydrogens is 440 g/mol. The van der Waals surface area contributed by atoms with Crippen molar-refractivity contribution in [3.63, 3.8) is 0 Å². The summed E-state index contributed by atoms with van der Waals surface area (Å²) < 4.78 is 33.0. The zero-order valence-corrected chi connectivity index (χ0v) is 19.2. The molecule has 0 unspecified atom stereocenters. The Hall–Kier alpha value is -3.59. The Kier molecular flexibility index (Phi) is 6.79. The maximum Gasteiger partial charge on any atom is 0.264 e. The summed E-state index contributed by atoms with van der Waals surface area (Å²) in [6, 6.07) is 19.2. The van der Waals surface area contributed by atoms with Gasteiger partial charge in [-0.25, -0.2) is 8.42 Å². The Morgan fingerprint density at radius 1 is 0.970 bits per heavy atom. The molecule has 8 nitrogen and oxygen atoms in total. The number of nitrogens with zero attached hydrogens (tertiary/aromatic N) is 4. The number of pyridine rings is 1. The minimum absolute atomic E-state index is 0.131. The van der Waals surface area contributed by atoms with E-state index < -0.39 is 10.0 Å². The average molecular weight is 467 g/mol. The van der Waals surface area contributed by atoms with E-state index in [1.54, 1.807) is 48.5 Å². The maximum atomic E-state index is 13.3. The van der Waals surface area contributed by atoms with Gasteiger partial charge in [0.05, 0.1) is 23.9 Å². The highest BCUT2D eigenvalue weighted by atomic mass is 32.2. The van der Waals surface area contributed by atoms with Crippen molar-refractivity contribution in [1.82, 2.24) is 9.88 Å². The smallest absolute Gasteiger partial charge is 0.264 e. The van der Waals surface area contributed by atoms with Crippen LogP contribution in [0.4, 0.5) is 11.4 Å². The Morgan fingerprint density at radius 2 is 1.67 bits per heavy atom. The van der Waals surface area contributed by atoms with E-state index in [4.69, 9.17) is 4.74 Å². The number of piperazine rings is 1. The van der Waals surface area contributed by atoms with Gasteiger partial charge in [0.1, 0.15) is 12.3 Å². The van der Waals surface area contributed by atoms with E-state index in [0.29, 0.717) is 31.9 Å². The largest absolute Gasteiger partial charge is 0.497 e. The number of hydrogen-bond donors (Lipinski definition) is 0. The molecule has 2 heterocycles. The molecule has 33 heavy (non-hydrogen) atoms. The van der Waals surface area contributed by atoms with Gasteiger partial charge in [-0.05, 0) is 48.5 Å². The van der Waals surface area contributed by atoms with Crippen molar-refractivity contribution in [3.8, 4) is 5.75 Å². The molecule has 1 saturated heterocycles. The van der Waals surface area contributed by atoms with Crippen LogP contribution < -0.4 is 13.9 Å². The Morgan fingerprint density at radius 3 is 2.27 bits per heavy atom. The van der Waals surface area contributed by atoms with Gasteiger partial charge in [0.2, 0.25) is 5.91 Å². The lowest BCUT2D eigenvalue weighted by atomic mass is 10.2. The molecule has 0 spiro atoms. The van der Waals surface area contributed by atoms with Crippen LogP contribution in [-0.4, -0.2) is 64.0 Å². The number of sulfonamides is 1. The molecule has 3 aromatic rings. The fraction of sp³-hybridized carbons (Fsp3) is 0.250. The molecule has 4 rings (SSSR count). The molecule has 1 aromatic heterocycles. The predicted molar refractivity (Wildman–Crippen MR) is 127 cm³/mol. The van der Waals surface area contributed by atoms with Crippen molar-refractivity contribution in [3.05, 3.63) is 79.1 Å². The first-order chi connectivity index (χ1) is 16.0. The van der Waals surface area contributed by atoms with E-state index in [-0.39, 0.29) is 17.3 Å². The zero-order valence-electron chi connectivity index (χ0n) is 18.4. The molecule has 1 aliphatic rings. The molecule has 0 N–H and O–H groups in total. The SMILES string of the molecule is COc1ccc(N2CCN(C(=O)CN(c3cccnc3)S(=O)(=O)c3ccccc3)CC2)cc1. The number of rotatable bonds is 7. The summed E-state index contributed by atoms with van der Waals surface area (Å²) in [6.45, 7) is 2.06. The van der Waals surface area contributed by atoms with Crippen LogP contribution >= 0.6 is 0 Å². The van der Waals surface area contributed by atoms with E-state index in [1.165, 1.54) is 18.3 Å². The summed E-state index contributed by atoms with van der Waals surface area (Å²) in [5.41, 5.74) is 1.41. The number of carbonyl (C=O) groups excluding carboxylic acids is 1. The van der Waals surface area contributed by atoms with Crippen molar-refractivity contribution in [2.75, 3.05) is 49.0 Å². The zero-order chi connectivity index (χ0) is 23.3. The number of amides is 1. The maximum absolute atomic E-state index is 13.3. The molecule has 1 amide bonds. The van der Waals surface area contributed by atoms with Gasteiger partial charge in [-0.2, -0.15) is 0 Å². The van der Waals surface area contributed by atoms with Crippen LogP contribution in [0.5, 0.6) is 5.75 Å². The third-order valence-corrected chi connectivity index (χ3v) is 7.40. The quantitative estimate of drug-likeness (QED) is 0.532. The van der Waals surface area contributed by atoms with Gasteiger partial charge in [-0.3, -0.25) is 14.1 Å². The molecule has 1 fully saturated rings. The van der Waals surface area contributed by atoms with Crippen LogP contribution in [0, 0.1) is 0 Å². The monoisotopic (exact) mass is 466 g/mol. The molecule has 9 heteroatoms. The first kappa shape index (κ1) is 22.6. The van der Waals surface area contributed by atoms with Crippen molar-refractivity contribution in [2.45, 2.75) is 4.90 Å². The van der Waals surface area contributed by atoms with Crippen molar-refractivity contribution in [2.24, 2.45) is 0 Å². The fourth-order valence-electron chi connectivity index (χ4n) is 3.77. The minimum Gasteiger partial charge on any atom is -0.497 e. The van der Waals surface area contributed by atoms with Gasteiger partial charge in [0.25, 0.3) is 10.0 Å². The summed E-state index contributed by atoms with van der Waals surface area (Å²) in [4.78, 5) is 21.2. The molecule has 2 aromatic carbocycles. The standard InChI is InChI=1S/C24H26N4O4S/c1-32-22-11-9-20(10-12-22)26-14-16-27(17-15-26)24(29)19-28(21-6-5-13-25-18-21)33(30,31)23-7-3-2-4-8-23/h2-13,18H,14-17,19H2,1H3. The number of ether oxygens (including phenoxy) is 1. The van der Waals surface area contributed by atoms with E-state index >= 15 is 0 Å². The number of anilines is 2. The second-order valence-corrected chi connectivity index (χ2v) is 9.46. The second-order valence-electron chi connectivity index (χ2n) is 7.60. The van der Waals surface area contributed by atoms with Crippen molar-refractivity contribution < 1.29 is 17.9 Å². The Bertz CT molecular complexity index is 1160. The molecule has 0 bridgehead atoms. The van der Waals surface area contributed by atoms with Crippen LogP contribution in [0.15, 0.2) is 84.0 Å². The minimum atomic E-state index is -3.92. The van der Waals surface area contributed by atoms with Crippen LogP contribution in [0.25, 0.3) is 0 Å². The molecule has 0 radical (unpaired) electrons. The normalized spacial score (nSPS) is 14.1. The van der Waals surface area contributed by atoms with Crippen LogP contribution in [0.2, 0.25) is 0 Å². The third kappa shape index (κ3) is 5.09. The van der Waals surface area contributed by atoms with Crippen molar-refractivity contribution >= 4 is 27.3 Å². The van der Waals surface area contributed by atoms with E-state index in [1.807, 2.05) is 24.3 Å². The predicted octanol–water partition coefficient (Wildman–Crippen LogP) is 2.63. The number of benzene rings is 2. The highest BCUT2D eigenvalue weighted by Crippen LogP contribution is 2.24. The average Bonchev–Trinajstić information content (AvgIpc) is 2.88. The van der Waals surface area contributed by atoms with Gasteiger partial charge in [0, 0.05) is 38.1 Å². The van der Waals surface area contributed by atoms with Gasteiger partial charge in [0.15, 0.2) is 0 Å². The molecule has 0 atom stereocenters. The van der Waals surface area contributed by atoms with E-state index in [2.05, 4.69) is 9.88 Å². The van der Waals surface area contributed by atoms with Gasteiger partial charge < -0.3 is 14.5 Å². The van der Waals surface area contributed by atoms with Gasteiger partial charge in [-0.1, -0.05) is 18.2 Å². The highest BCUT2D eigenvalue weighted by molar-refractivity contribution is 7.92. The van der Waals surface area contributed by atoms with Crippen molar-refractivity contribution in [1.29, 1.82) is 0 Å². The third-order valence-electron chi connectivity index (χ3n) is 5.61. The number of hydrogen-bond acceptors (Lipinski definition) is 6. The van der Waals surface area contributed by atoms with Crippen LogP contribution in [0.3, 0.4) is 0 Å². The highest BCUT2D eigenvalue weighted by Gasteiger charge is 2.30. The lowest BCUT2D eigenvalue weighted by molar-refractivity contribution is -0.129. The summed E-state index contributed by atoms with van der Waals surface area (Å²) in [7, 11) is -2.29. The molecule has 1 aliphatic heterocycles. The number of carbonyl (C=O) groups is 1. The summed E-state index contributed by atoms with van der Waals surface area (Å²) in [5.74, 6) is 0.551. The molecule has 0 saturated carbocycles. The number of methoxy groups -OCH3 is 1. The van der Waals surface area contributed by atoms with Crippen LogP contribution in [0.1, 0.15) is 0 Å². The molecule has 0 aliphatic carbocycles. The Balaban J connectivity index is 1.47. The summed E-state index contributed by atoms with van der Waals surface area (Å²) in [6.07, 6.45) is 3.02. The van der Waals surface area contributed by atoms with Gasteiger partial charge >= 0.3 is 0 Å². The first-order valence-corrected chi connectivity index (χ1v) is 12.1. The lowest BCUT2D eigenvalue weighted by Crippen LogP contribution is -2.52. The Labute approximate surface area is 194 Å². The van der Waals surface area contributed by atoms with E-state index in [9.17, 15) is 13.2 Å². The second kappa shape index (κ2) is 9.91. The first-order valence-electron chi connectivity index (χ1n) is 10.6. The van der Waals surface area contributed by atoms with Gasteiger partial charge in [-0.15, -0.1) is 0 Å². The number of aromatic nitrogens is 1. The molecular formula is C24H26N4O4S. The van der Waals surface area contributed by atoms with E-state index in [0.717, 1.165) is 15.7 Å². The van der Waals surface area contributed by atoms with Crippen LogP contribution in [-0.2, 0) is 14.8 Å². The fourth-order valence-corrected chi connectivity index (χ4v) is 5.19. The topological polar surface area (TPSA) is 83.1 Å². The summed E-state index contributed by atoms with van der Waals surface area (Å²) in [5, 5.41) is 0. The lowest BCUT2D eigenvalue weighted by Gasteiger charge is -2.37. The molecule has 172 valence electrons. The summed E-state index contributed by atoms with van der Waals surface area (Å²) >= 11 is 0.